The molecule has 142 valence electrons. The number of anilines is 2. The molecule has 1 aliphatic rings. The molecule has 2 heterocycles. The number of carbonyl (C=O) groups is 2. The fraction of sp³-hybridized carbons (Fsp3) is 0.350. The Balaban J connectivity index is 1.57. The van der Waals surface area contributed by atoms with Gasteiger partial charge in [-0.1, -0.05) is 6.07 Å². The topological polar surface area (TPSA) is 83.6 Å². The first-order valence-corrected chi connectivity index (χ1v) is 9.00. The first-order chi connectivity index (χ1) is 13.0. The standard InChI is InChI=1S/C20H24N4O3/c1-14(25)22-16-5-3-4-15(12-16)20(26)23-17-6-7-19(21-13-17)27-18-8-10-24(2)11-9-18/h3-7,12-13,18H,8-11H2,1-2H3,(H,22,25)(H,23,26). The van der Waals surface area contributed by atoms with E-state index < -0.39 is 0 Å². The van der Waals surface area contributed by atoms with Crippen LogP contribution in [0.25, 0.3) is 0 Å². The molecule has 7 heteroatoms. The van der Waals surface area contributed by atoms with Crippen molar-refractivity contribution in [3.05, 3.63) is 48.2 Å². The summed E-state index contributed by atoms with van der Waals surface area (Å²) >= 11 is 0. The maximum absolute atomic E-state index is 12.4. The van der Waals surface area contributed by atoms with E-state index in [0.29, 0.717) is 22.8 Å². The molecule has 7 nitrogen and oxygen atoms in total. The quantitative estimate of drug-likeness (QED) is 0.848. The van der Waals surface area contributed by atoms with Gasteiger partial charge < -0.3 is 20.3 Å². The number of rotatable bonds is 5. The van der Waals surface area contributed by atoms with Crippen molar-refractivity contribution in [1.29, 1.82) is 0 Å². The van der Waals surface area contributed by atoms with E-state index in [2.05, 4.69) is 27.6 Å². The highest BCUT2D eigenvalue weighted by atomic mass is 16.5. The average Bonchev–Trinajstić information content (AvgIpc) is 2.65. The lowest BCUT2D eigenvalue weighted by atomic mass is 10.1. The number of benzene rings is 1. The van der Waals surface area contributed by atoms with Crippen LogP contribution in [0.3, 0.4) is 0 Å². The van der Waals surface area contributed by atoms with Gasteiger partial charge >= 0.3 is 0 Å². The van der Waals surface area contributed by atoms with Crippen molar-refractivity contribution in [2.45, 2.75) is 25.9 Å². The lowest BCUT2D eigenvalue weighted by molar-refractivity contribution is -0.114. The van der Waals surface area contributed by atoms with Crippen LogP contribution in [-0.2, 0) is 4.79 Å². The number of amides is 2. The minimum absolute atomic E-state index is 0.183. The maximum Gasteiger partial charge on any atom is 0.255 e. The molecule has 0 atom stereocenters. The normalized spacial score (nSPS) is 15.2. The van der Waals surface area contributed by atoms with Crippen molar-refractivity contribution >= 4 is 23.2 Å². The second kappa shape index (κ2) is 8.64. The van der Waals surface area contributed by atoms with E-state index >= 15 is 0 Å². The number of hydrogen-bond acceptors (Lipinski definition) is 5. The van der Waals surface area contributed by atoms with Crippen LogP contribution >= 0.6 is 0 Å². The second-order valence-corrected chi connectivity index (χ2v) is 6.72. The fourth-order valence-corrected chi connectivity index (χ4v) is 2.94. The summed E-state index contributed by atoms with van der Waals surface area (Å²) < 4.78 is 5.91. The number of aromatic nitrogens is 1. The first kappa shape index (κ1) is 18.8. The third-order valence-corrected chi connectivity index (χ3v) is 4.39. The van der Waals surface area contributed by atoms with Crippen LogP contribution in [0.1, 0.15) is 30.1 Å². The van der Waals surface area contributed by atoms with Crippen molar-refractivity contribution in [3.8, 4) is 5.88 Å². The van der Waals surface area contributed by atoms with E-state index in [0.717, 1.165) is 25.9 Å². The van der Waals surface area contributed by atoms with Gasteiger partial charge in [0.05, 0.1) is 11.9 Å². The number of piperidine rings is 1. The lowest BCUT2D eigenvalue weighted by Crippen LogP contribution is -2.35. The molecule has 1 saturated heterocycles. The molecule has 1 fully saturated rings. The Hall–Kier alpha value is -2.93. The van der Waals surface area contributed by atoms with Crippen molar-refractivity contribution in [3.63, 3.8) is 0 Å². The van der Waals surface area contributed by atoms with Crippen LogP contribution in [0.2, 0.25) is 0 Å². The van der Waals surface area contributed by atoms with Gasteiger partial charge in [-0.2, -0.15) is 0 Å². The third-order valence-electron chi connectivity index (χ3n) is 4.39. The molecule has 3 rings (SSSR count). The smallest absolute Gasteiger partial charge is 0.255 e. The van der Waals surface area contributed by atoms with Crippen molar-refractivity contribution < 1.29 is 14.3 Å². The minimum atomic E-state index is -0.270. The van der Waals surface area contributed by atoms with Crippen molar-refractivity contribution in [1.82, 2.24) is 9.88 Å². The first-order valence-electron chi connectivity index (χ1n) is 9.00. The molecule has 2 aromatic rings. The van der Waals surface area contributed by atoms with Gasteiger partial charge in [0.15, 0.2) is 0 Å². The van der Waals surface area contributed by atoms with E-state index in [1.807, 2.05) is 0 Å². The molecular weight excluding hydrogens is 344 g/mol. The predicted octanol–water partition coefficient (Wildman–Crippen LogP) is 2.77. The number of likely N-dealkylation sites (tertiary alicyclic amines) is 1. The Morgan fingerprint density at radius 3 is 2.56 bits per heavy atom. The summed E-state index contributed by atoms with van der Waals surface area (Å²) in [6.45, 7) is 3.47. The Bertz CT molecular complexity index is 799. The molecule has 1 aliphatic heterocycles. The van der Waals surface area contributed by atoms with Crippen LogP contribution in [0.15, 0.2) is 42.6 Å². The second-order valence-electron chi connectivity index (χ2n) is 6.72. The Morgan fingerprint density at radius 2 is 1.89 bits per heavy atom. The van der Waals surface area contributed by atoms with Crippen LogP contribution in [-0.4, -0.2) is 47.9 Å². The Kier molecular flexibility index (Phi) is 6.03. The van der Waals surface area contributed by atoms with Crippen LogP contribution in [0.5, 0.6) is 5.88 Å². The molecule has 1 aromatic carbocycles. The highest BCUT2D eigenvalue weighted by molar-refractivity contribution is 6.05. The largest absolute Gasteiger partial charge is 0.474 e. The van der Waals surface area contributed by atoms with Gasteiger partial charge in [-0.05, 0) is 44.2 Å². The Labute approximate surface area is 158 Å². The molecule has 2 amide bonds. The highest BCUT2D eigenvalue weighted by Gasteiger charge is 2.18. The summed E-state index contributed by atoms with van der Waals surface area (Å²) in [7, 11) is 2.11. The number of nitrogens with zero attached hydrogens (tertiary/aromatic N) is 2. The molecule has 2 N–H and O–H groups in total. The summed E-state index contributed by atoms with van der Waals surface area (Å²) in [5.41, 5.74) is 1.61. The molecule has 0 radical (unpaired) electrons. The lowest BCUT2D eigenvalue weighted by Gasteiger charge is -2.28. The van der Waals surface area contributed by atoms with E-state index in [1.54, 1.807) is 42.6 Å². The number of ether oxygens (including phenoxy) is 1. The zero-order valence-electron chi connectivity index (χ0n) is 15.6. The average molecular weight is 368 g/mol. The van der Waals surface area contributed by atoms with Crippen LogP contribution in [0.4, 0.5) is 11.4 Å². The molecule has 27 heavy (non-hydrogen) atoms. The number of nitrogens with one attached hydrogen (secondary N) is 2. The molecular formula is C20H24N4O3. The number of pyridine rings is 1. The van der Waals surface area contributed by atoms with E-state index in [9.17, 15) is 9.59 Å². The third kappa shape index (κ3) is 5.52. The van der Waals surface area contributed by atoms with Gasteiger partial charge in [0, 0.05) is 37.3 Å². The minimum Gasteiger partial charge on any atom is -0.474 e. The van der Waals surface area contributed by atoms with E-state index in [1.165, 1.54) is 6.92 Å². The molecule has 0 spiro atoms. The molecule has 0 aliphatic carbocycles. The molecule has 0 saturated carbocycles. The Morgan fingerprint density at radius 1 is 1.11 bits per heavy atom. The van der Waals surface area contributed by atoms with Gasteiger partial charge in [-0.25, -0.2) is 4.98 Å². The van der Waals surface area contributed by atoms with Gasteiger partial charge in [0.1, 0.15) is 6.10 Å². The van der Waals surface area contributed by atoms with Gasteiger partial charge in [0.2, 0.25) is 11.8 Å². The maximum atomic E-state index is 12.4. The van der Waals surface area contributed by atoms with Crippen LogP contribution < -0.4 is 15.4 Å². The van der Waals surface area contributed by atoms with Crippen molar-refractivity contribution in [2.75, 3.05) is 30.8 Å². The van der Waals surface area contributed by atoms with Gasteiger partial charge in [-0.15, -0.1) is 0 Å². The molecule has 0 bridgehead atoms. The highest BCUT2D eigenvalue weighted by Crippen LogP contribution is 2.19. The molecule has 0 unspecified atom stereocenters. The monoisotopic (exact) mass is 368 g/mol. The number of carbonyl (C=O) groups excluding carboxylic acids is 2. The van der Waals surface area contributed by atoms with Crippen molar-refractivity contribution in [2.24, 2.45) is 0 Å². The summed E-state index contributed by atoms with van der Waals surface area (Å²) in [4.78, 5) is 30.1. The van der Waals surface area contributed by atoms with Crippen LogP contribution in [0, 0.1) is 0 Å². The SMILES string of the molecule is CC(=O)Nc1cccc(C(=O)Nc2ccc(OC3CCN(C)CC3)nc2)c1. The zero-order chi connectivity index (χ0) is 19.2. The number of hydrogen-bond donors (Lipinski definition) is 2. The van der Waals surface area contributed by atoms with E-state index in [4.69, 9.17) is 4.74 Å². The van der Waals surface area contributed by atoms with Gasteiger partial charge in [-0.3, -0.25) is 9.59 Å². The van der Waals surface area contributed by atoms with Gasteiger partial charge in [0.25, 0.3) is 5.91 Å². The summed E-state index contributed by atoms with van der Waals surface area (Å²) in [5.74, 6) is 0.111. The zero-order valence-corrected chi connectivity index (χ0v) is 15.6. The fourth-order valence-electron chi connectivity index (χ4n) is 2.94. The summed E-state index contributed by atoms with van der Waals surface area (Å²) in [6.07, 6.45) is 3.74. The van der Waals surface area contributed by atoms with E-state index in [-0.39, 0.29) is 17.9 Å². The molecule has 1 aromatic heterocycles. The predicted molar refractivity (Wildman–Crippen MR) is 104 cm³/mol. The summed E-state index contributed by atoms with van der Waals surface area (Å²) in [5, 5.41) is 5.46. The summed E-state index contributed by atoms with van der Waals surface area (Å²) in [6, 6.07) is 10.3.